The van der Waals surface area contributed by atoms with Gasteiger partial charge in [-0.3, -0.25) is 4.98 Å². The Morgan fingerprint density at radius 2 is 2.12 bits per heavy atom. The van der Waals surface area contributed by atoms with Crippen molar-refractivity contribution in [2.45, 2.75) is 44.5 Å². The van der Waals surface area contributed by atoms with Gasteiger partial charge < -0.3 is 15.2 Å². The third-order valence-electron chi connectivity index (χ3n) is 3.10. The SMILES string of the molecule is COC1CCCC(OCc2cnc(N)cn2)C1. The number of anilines is 1. The van der Waals surface area contributed by atoms with E-state index < -0.39 is 0 Å². The monoisotopic (exact) mass is 237 g/mol. The average Bonchev–Trinajstić information content (AvgIpc) is 2.38. The third-order valence-corrected chi connectivity index (χ3v) is 3.10. The summed E-state index contributed by atoms with van der Waals surface area (Å²) in [5.41, 5.74) is 6.29. The summed E-state index contributed by atoms with van der Waals surface area (Å²) >= 11 is 0. The third kappa shape index (κ3) is 3.64. The van der Waals surface area contributed by atoms with Crippen molar-refractivity contribution in [1.82, 2.24) is 9.97 Å². The predicted molar refractivity (Wildman–Crippen MR) is 64.3 cm³/mol. The Bertz CT molecular complexity index is 342. The van der Waals surface area contributed by atoms with Crippen LogP contribution in [0, 0.1) is 0 Å². The normalized spacial score (nSPS) is 24.8. The Balaban J connectivity index is 1.79. The maximum atomic E-state index is 5.82. The van der Waals surface area contributed by atoms with Gasteiger partial charge in [0, 0.05) is 7.11 Å². The number of methoxy groups -OCH3 is 1. The molecule has 2 atom stereocenters. The fraction of sp³-hybridized carbons (Fsp3) is 0.667. The molecule has 17 heavy (non-hydrogen) atoms. The van der Waals surface area contributed by atoms with E-state index in [4.69, 9.17) is 15.2 Å². The van der Waals surface area contributed by atoms with Crippen LogP contribution in [0.3, 0.4) is 0 Å². The molecule has 0 amide bonds. The second-order valence-corrected chi connectivity index (χ2v) is 4.39. The molecule has 0 bridgehead atoms. The van der Waals surface area contributed by atoms with Crippen LogP contribution >= 0.6 is 0 Å². The molecule has 1 aromatic heterocycles. The van der Waals surface area contributed by atoms with E-state index in [0.717, 1.165) is 31.4 Å². The molecule has 1 aromatic rings. The first-order valence-corrected chi connectivity index (χ1v) is 5.98. The minimum atomic E-state index is 0.271. The van der Waals surface area contributed by atoms with Crippen LogP contribution in [0.1, 0.15) is 31.4 Å². The van der Waals surface area contributed by atoms with Gasteiger partial charge in [0.05, 0.1) is 36.9 Å². The Kier molecular flexibility index (Phi) is 4.28. The number of nitrogen functional groups attached to an aromatic ring is 1. The number of hydrogen-bond acceptors (Lipinski definition) is 5. The molecule has 1 aliphatic rings. The van der Waals surface area contributed by atoms with E-state index in [9.17, 15) is 0 Å². The van der Waals surface area contributed by atoms with Crippen molar-refractivity contribution in [2.75, 3.05) is 12.8 Å². The first kappa shape index (κ1) is 12.3. The van der Waals surface area contributed by atoms with Crippen molar-refractivity contribution in [1.29, 1.82) is 0 Å². The standard InChI is InChI=1S/C12H19N3O2/c1-16-10-3-2-4-11(5-10)17-8-9-6-15-12(13)7-14-9/h6-7,10-11H,2-5,8H2,1H3,(H2,13,15). The molecule has 2 unspecified atom stereocenters. The lowest BCUT2D eigenvalue weighted by molar-refractivity contribution is -0.0372. The molecule has 5 heteroatoms. The zero-order chi connectivity index (χ0) is 12.1. The summed E-state index contributed by atoms with van der Waals surface area (Å²) in [6, 6.07) is 0. The first-order chi connectivity index (χ1) is 8.28. The maximum absolute atomic E-state index is 5.82. The number of hydrogen-bond donors (Lipinski definition) is 1. The van der Waals surface area contributed by atoms with Gasteiger partial charge in [0.1, 0.15) is 5.82 Å². The van der Waals surface area contributed by atoms with Gasteiger partial charge in [-0.25, -0.2) is 4.98 Å². The highest BCUT2D eigenvalue weighted by Gasteiger charge is 2.22. The highest BCUT2D eigenvalue weighted by molar-refractivity contribution is 5.22. The minimum Gasteiger partial charge on any atom is -0.382 e. The van der Waals surface area contributed by atoms with Gasteiger partial charge >= 0.3 is 0 Å². The Morgan fingerprint density at radius 1 is 1.29 bits per heavy atom. The summed E-state index contributed by atoms with van der Waals surface area (Å²) in [4.78, 5) is 8.14. The van der Waals surface area contributed by atoms with Gasteiger partial charge in [-0.05, 0) is 25.7 Å². The van der Waals surface area contributed by atoms with Gasteiger partial charge in [-0.1, -0.05) is 0 Å². The van der Waals surface area contributed by atoms with Crippen molar-refractivity contribution >= 4 is 5.82 Å². The molecule has 1 aliphatic carbocycles. The molecule has 94 valence electrons. The number of aromatic nitrogens is 2. The molecular weight excluding hydrogens is 218 g/mol. The lowest BCUT2D eigenvalue weighted by Crippen LogP contribution is -2.27. The molecule has 0 saturated heterocycles. The zero-order valence-electron chi connectivity index (χ0n) is 10.1. The second-order valence-electron chi connectivity index (χ2n) is 4.39. The van der Waals surface area contributed by atoms with Gasteiger partial charge in [0.25, 0.3) is 0 Å². The quantitative estimate of drug-likeness (QED) is 0.860. The lowest BCUT2D eigenvalue weighted by atomic mass is 9.95. The Labute approximate surface area is 101 Å². The zero-order valence-corrected chi connectivity index (χ0v) is 10.1. The van der Waals surface area contributed by atoms with Crippen molar-refractivity contribution in [3.05, 3.63) is 18.1 Å². The van der Waals surface area contributed by atoms with Crippen LogP contribution in [0.5, 0.6) is 0 Å². The summed E-state index contributed by atoms with van der Waals surface area (Å²) in [5.74, 6) is 0.436. The number of ether oxygens (including phenoxy) is 2. The van der Waals surface area contributed by atoms with E-state index in [1.54, 1.807) is 19.5 Å². The van der Waals surface area contributed by atoms with Crippen LogP contribution in [0.4, 0.5) is 5.82 Å². The van der Waals surface area contributed by atoms with E-state index >= 15 is 0 Å². The number of rotatable bonds is 4. The molecule has 2 N–H and O–H groups in total. The van der Waals surface area contributed by atoms with Gasteiger partial charge in [0.15, 0.2) is 0 Å². The minimum absolute atomic E-state index is 0.271. The van der Waals surface area contributed by atoms with Gasteiger partial charge in [-0.15, -0.1) is 0 Å². The highest BCUT2D eigenvalue weighted by atomic mass is 16.5. The van der Waals surface area contributed by atoms with Crippen molar-refractivity contribution in [2.24, 2.45) is 0 Å². The second kappa shape index (κ2) is 5.93. The summed E-state index contributed by atoms with van der Waals surface area (Å²) in [5, 5.41) is 0. The molecule has 0 spiro atoms. The van der Waals surface area contributed by atoms with Crippen LogP contribution in [0.25, 0.3) is 0 Å². The lowest BCUT2D eigenvalue weighted by Gasteiger charge is -2.28. The fourth-order valence-corrected chi connectivity index (χ4v) is 2.11. The van der Waals surface area contributed by atoms with Crippen molar-refractivity contribution in [3.63, 3.8) is 0 Å². The molecule has 1 heterocycles. The van der Waals surface area contributed by atoms with Gasteiger partial charge in [0.2, 0.25) is 0 Å². The summed E-state index contributed by atoms with van der Waals surface area (Å²) < 4.78 is 11.2. The van der Waals surface area contributed by atoms with Crippen LogP contribution in [0.15, 0.2) is 12.4 Å². The smallest absolute Gasteiger partial charge is 0.141 e. The van der Waals surface area contributed by atoms with Crippen LogP contribution in [0.2, 0.25) is 0 Å². The van der Waals surface area contributed by atoms with Crippen molar-refractivity contribution < 1.29 is 9.47 Å². The number of nitrogens with zero attached hydrogens (tertiary/aromatic N) is 2. The molecule has 0 radical (unpaired) electrons. The maximum Gasteiger partial charge on any atom is 0.141 e. The number of nitrogens with two attached hydrogens (primary N) is 1. The summed E-state index contributed by atoms with van der Waals surface area (Å²) in [6.45, 7) is 0.494. The topological polar surface area (TPSA) is 70.3 Å². The van der Waals surface area contributed by atoms with Crippen molar-refractivity contribution in [3.8, 4) is 0 Å². The molecule has 1 saturated carbocycles. The molecular formula is C12H19N3O2. The van der Waals surface area contributed by atoms with Crippen LogP contribution in [-0.4, -0.2) is 29.3 Å². The van der Waals surface area contributed by atoms with E-state index in [1.165, 1.54) is 0 Å². The van der Waals surface area contributed by atoms with E-state index in [2.05, 4.69) is 9.97 Å². The molecule has 0 aliphatic heterocycles. The summed E-state index contributed by atoms with van der Waals surface area (Å²) in [7, 11) is 1.76. The Morgan fingerprint density at radius 3 is 2.82 bits per heavy atom. The molecule has 1 fully saturated rings. The summed E-state index contributed by atoms with van der Waals surface area (Å²) in [6.07, 6.45) is 8.19. The van der Waals surface area contributed by atoms with E-state index in [1.807, 2.05) is 0 Å². The van der Waals surface area contributed by atoms with Crippen LogP contribution in [-0.2, 0) is 16.1 Å². The van der Waals surface area contributed by atoms with E-state index in [0.29, 0.717) is 18.5 Å². The fourth-order valence-electron chi connectivity index (χ4n) is 2.11. The molecule has 5 nitrogen and oxygen atoms in total. The molecule has 2 rings (SSSR count). The molecule has 0 aromatic carbocycles. The Hall–Kier alpha value is -1.20. The largest absolute Gasteiger partial charge is 0.382 e. The first-order valence-electron chi connectivity index (χ1n) is 5.98. The average molecular weight is 237 g/mol. The van der Waals surface area contributed by atoms with Crippen LogP contribution < -0.4 is 5.73 Å². The van der Waals surface area contributed by atoms with Gasteiger partial charge in [-0.2, -0.15) is 0 Å². The highest BCUT2D eigenvalue weighted by Crippen LogP contribution is 2.23. The van der Waals surface area contributed by atoms with E-state index in [-0.39, 0.29) is 6.10 Å². The predicted octanol–water partition coefficient (Wildman–Crippen LogP) is 1.53.